The van der Waals surface area contributed by atoms with Gasteiger partial charge in [0.05, 0.1) is 31.5 Å². The van der Waals surface area contributed by atoms with Crippen LogP contribution in [0.2, 0.25) is 5.02 Å². The summed E-state index contributed by atoms with van der Waals surface area (Å²) in [5.41, 5.74) is 4.49. The molecule has 3 aromatic rings. The highest BCUT2D eigenvalue weighted by Gasteiger charge is 2.29. The molecule has 0 radical (unpaired) electrons. The van der Waals surface area contributed by atoms with Crippen LogP contribution in [0, 0.1) is 11.8 Å². The van der Waals surface area contributed by atoms with Crippen molar-refractivity contribution in [3.05, 3.63) is 87.6 Å². The lowest BCUT2D eigenvalue weighted by Crippen LogP contribution is -2.33. The number of nitrogens with zero attached hydrogens (tertiary/aromatic N) is 2. The third-order valence-corrected chi connectivity index (χ3v) is 6.01. The van der Waals surface area contributed by atoms with Crippen molar-refractivity contribution in [2.24, 2.45) is 0 Å². The van der Waals surface area contributed by atoms with Crippen molar-refractivity contribution in [3.63, 3.8) is 0 Å². The van der Waals surface area contributed by atoms with Crippen molar-refractivity contribution in [3.8, 4) is 17.7 Å². The van der Waals surface area contributed by atoms with Crippen molar-refractivity contribution in [1.82, 2.24) is 10.2 Å². The van der Waals surface area contributed by atoms with Crippen molar-refractivity contribution in [2.75, 3.05) is 13.2 Å². The molecule has 0 aliphatic carbocycles. The minimum Gasteiger partial charge on any atom is -0.477 e. The van der Waals surface area contributed by atoms with Gasteiger partial charge in [0, 0.05) is 29.5 Å². The molecule has 0 amide bonds. The molecule has 1 aliphatic rings. The van der Waals surface area contributed by atoms with E-state index in [0.29, 0.717) is 42.5 Å². The van der Waals surface area contributed by atoms with E-state index >= 15 is 0 Å². The summed E-state index contributed by atoms with van der Waals surface area (Å²) in [7, 11) is 0. The molecule has 176 valence electrons. The highest BCUT2D eigenvalue weighted by Crippen LogP contribution is 2.33. The van der Waals surface area contributed by atoms with E-state index in [2.05, 4.69) is 22.0 Å². The number of hydrogen-bond donors (Lipinski definition) is 2. The lowest BCUT2D eigenvalue weighted by molar-refractivity contribution is -0.113. The Bertz CT molecular complexity index is 1160. The highest BCUT2D eigenvalue weighted by molar-refractivity contribution is 6.31. The Labute approximate surface area is 204 Å². The molecule has 1 aromatic heterocycles. The molecule has 7 heteroatoms. The normalized spacial score (nSPS) is 19.8. The van der Waals surface area contributed by atoms with E-state index in [1.165, 1.54) is 0 Å². The number of aromatic nitrogens is 2. The fraction of sp³-hybridized carbons (Fsp3) is 0.333. The van der Waals surface area contributed by atoms with Crippen molar-refractivity contribution in [1.29, 1.82) is 0 Å². The van der Waals surface area contributed by atoms with Crippen LogP contribution in [-0.4, -0.2) is 45.8 Å². The van der Waals surface area contributed by atoms with Crippen LogP contribution in [0.4, 0.5) is 0 Å². The largest absolute Gasteiger partial charge is 0.477 e. The van der Waals surface area contributed by atoms with E-state index < -0.39 is 6.10 Å². The fourth-order valence-electron chi connectivity index (χ4n) is 3.93. The lowest BCUT2D eigenvalue weighted by atomic mass is 9.94. The van der Waals surface area contributed by atoms with E-state index in [0.717, 1.165) is 22.3 Å². The summed E-state index contributed by atoms with van der Waals surface area (Å²) in [5, 5.41) is 28.3. The van der Waals surface area contributed by atoms with E-state index in [1.807, 2.05) is 49.4 Å². The van der Waals surface area contributed by atoms with Gasteiger partial charge in [-0.25, -0.2) is 0 Å². The van der Waals surface area contributed by atoms with E-state index in [-0.39, 0.29) is 18.8 Å². The molecular formula is C27H27ClN2O4. The molecular weight excluding hydrogens is 452 g/mol. The Morgan fingerprint density at radius 1 is 1.06 bits per heavy atom. The lowest BCUT2D eigenvalue weighted by Gasteiger charge is -2.32. The first-order chi connectivity index (χ1) is 16.5. The zero-order valence-electron chi connectivity index (χ0n) is 18.9. The molecule has 3 atom stereocenters. The number of halogens is 1. The Morgan fingerprint density at radius 3 is 2.59 bits per heavy atom. The Morgan fingerprint density at radius 2 is 1.88 bits per heavy atom. The molecule has 1 aliphatic heterocycles. The fourth-order valence-corrected chi connectivity index (χ4v) is 4.11. The maximum absolute atomic E-state index is 10.1. The molecule has 1 fully saturated rings. The smallest absolute Gasteiger partial charge is 0.233 e. The molecule has 34 heavy (non-hydrogen) atoms. The Hall–Kier alpha value is -2.95. The SMILES string of the molecule is CCOc1ccc(C#Cc2ccc(Cc3cc([C@H]4CC(O)C[C@@H](CO)O4)ccc3Cl)cc2)nn1. The molecule has 0 saturated carbocycles. The molecule has 1 saturated heterocycles. The Balaban J connectivity index is 1.44. The van der Waals surface area contributed by atoms with E-state index in [4.69, 9.17) is 21.1 Å². The molecule has 2 N–H and O–H groups in total. The summed E-state index contributed by atoms with van der Waals surface area (Å²) in [5.74, 6) is 6.60. The zero-order chi connectivity index (χ0) is 23.9. The van der Waals surface area contributed by atoms with Crippen LogP contribution in [0.5, 0.6) is 5.88 Å². The second kappa shape index (κ2) is 11.5. The number of aliphatic hydroxyl groups excluding tert-OH is 2. The summed E-state index contributed by atoms with van der Waals surface area (Å²) in [6.07, 6.45) is 0.508. The van der Waals surface area contributed by atoms with Gasteiger partial charge in [-0.05, 0) is 60.2 Å². The summed E-state index contributed by atoms with van der Waals surface area (Å²) >= 11 is 6.48. The highest BCUT2D eigenvalue weighted by atomic mass is 35.5. The van der Waals surface area contributed by atoms with Crippen molar-refractivity contribution in [2.45, 2.75) is 44.5 Å². The van der Waals surface area contributed by atoms with Crippen molar-refractivity contribution >= 4 is 11.6 Å². The number of hydrogen-bond acceptors (Lipinski definition) is 6. The average Bonchev–Trinajstić information content (AvgIpc) is 2.85. The summed E-state index contributed by atoms with van der Waals surface area (Å²) in [4.78, 5) is 0. The second-order valence-corrected chi connectivity index (χ2v) is 8.63. The number of rotatable bonds is 6. The van der Waals surface area contributed by atoms with Crippen LogP contribution in [0.3, 0.4) is 0 Å². The zero-order valence-corrected chi connectivity index (χ0v) is 19.7. The van der Waals surface area contributed by atoms with Crippen LogP contribution in [0.1, 0.15) is 53.8 Å². The van der Waals surface area contributed by atoms with E-state index in [9.17, 15) is 10.2 Å². The predicted octanol–water partition coefficient (Wildman–Crippen LogP) is 4.09. The quantitative estimate of drug-likeness (QED) is 0.519. The Kier molecular flexibility index (Phi) is 8.15. The average molecular weight is 479 g/mol. The topological polar surface area (TPSA) is 84.7 Å². The third kappa shape index (κ3) is 6.34. The first kappa shape index (κ1) is 24.2. The van der Waals surface area contributed by atoms with Gasteiger partial charge in [-0.3, -0.25) is 0 Å². The van der Waals surface area contributed by atoms with Gasteiger partial charge in [-0.15, -0.1) is 10.2 Å². The summed E-state index contributed by atoms with van der Waals surface area (Å²) in [6.45, 7) is 2.34. The first-order valence-corrected chi connectivity index (χ1v) is 11.7. The van der Waals surface area contributed by atoms with Gasteiger partial charge in [-0.1, -0.05) is 41.8 Å². The monoisotopic (exact) mass is 478 g/mol. The molecule has 2 aromatic carbocycles. The van der Waals surface area contributed by atoms with Crippen LogP contribution < -0.4 is 4.74 Å². The maximum Gasteiger partial charge on any atom is 0.233 e. The summed E-state index contributed by atoms with van der Waals surface area (Å²) < 4.78 is 11.2. The molecule has 2 heterocycles. The van der Waals surface area contributed by atoms with Gasteiger partial charge in [-0.2, -0.15) is 0 Å². The molecule has 0 bridgehead atoms. The molecule has 4 rings (SSSR count). The minimum absolute atomic E-state index is 0.103. The van der Waals surface area contributed by atoms with Gasteiger partial charge in [0.1, 0.15) is 5.69 Å². The van der Waals surface area contributed by atoms with Crippen LogP contribution in [0.15, 0.2) is 54.6 Å². The van der Waals surface area contributed by atoms with Crippen LogP contribution in [0.25, 0.3) is 0 Å². The number of benzene rings is 2. The summed E-state index contributed by atoms with van der Waals surface area (Å²) in [6, 6.07) is 17.3. The standard InChI is InChI=1S/C27H27ClN2O4/c1-2-33-27-12-10-22(29-30-27)9-7-18-3-5-19(6-4-18)13-21-14-20(8-11-25(21)28)26-16-23(32)15-24(17-31)34-26/h3-6,8,10-12,14,23-24,26,31-32H,2,13,15-17H2,1H3/t23?,24-,26+/m0/s1. The molecule has 0 spiro atoms. The van der Waals surface area contributed by atoms with Gasteiger partial charge < -0.3 is 19.7 Å². The third-order valence-electron chi connectivity index (χ3n) is 5.64. The minimum atomic E-state index is -0.489. The second-order valence-electron chi connectivity index (χ2n) is 8.22. The number of ether oxygens (including phenoxy) is 2. The van der Waals surface area contributed by atoms with Crippen molar-refractivity contribution < 1.29 is 19.7 Å². The number of aliphatic hydroxyl groups is 2. The van der Waals surface area contributed by atoms with Gasteiger partial charge in [0.25, 0.3) is 0 Å². The first-order valence-electron chi connectivity index (χ1n) is 11.3. The van der Waals surface area contributed by atoms with E-state index in [1.54, 1.807) is 12.1 Å². The predicted molar refractivity (Wildman–Crippen MR) is 130 cm³/mol. The van der Waals surface area contributed by atoms with Crippen LogP contribution >= 0.6 is 11.6 Å². The molecule has 6 nitrogen and oxygen atoms in total. The van der Waals surface area contributed by atoms with Gasteiger partial charge >= 0.3 is 0 Å². The molecule has 1 unspecified atom stereocenters. The van der Waals surface area contributed by atoms with Gasteiger partial charge in [0.15, 0.2) is 0 Å². The van der Waals surface area contributed by atoms with Gasteiger partial charge in [0.2, 0.25) is 5.88 Å². The van der Waals surface area contributed by atoms with Crippen LogP contribution in [-0.2, 0) is 11.2 Å². The maximum atomic E-state index is 10.1.